The van der Waals surface area contributed by atoms with Crippen LogP contribution in [0.15, 0.2) is 10.9 Å². The molecular weight excluding hydrogens is 182 g/mol. The van der Waals surface area contributed by atoms with Crippen molar-refractivity contribution >= 4 is 17.6 Å². The summed E-state index contributed by atoms with van der Waals surface area (Å²) in [7, 11) is 0. The maximum absolute atomic E-state index is 10.8. The Morgan fingerprint density at radius 3 is 2.67 bits per heavy atom. The van der Waals surface area contributed by atoms with Crippen LogP contribution in [0.1, 0.15) is 15.9 Å². The Bertz CT molecular complexity index is 356. The second-order valence-corrected chi connectivity index (χ2v) is 2.69. The number of pyridine rings is 1. The van der Waals surface area contributed by atoms with Gasteiger partial charge in [0.05, 0.1) is 5.56 Å². The smallest absolute Gasteiger partial charge is 0.339 e. The summed E-state index contributed by atoms with van der Waals surface area (Å²) in [5.41, 5.74) is -0.102. The van der Waals surface area contributed by atoms with Gasteiger partial charge in [0.15, 0.2) is 0 Å². The Balaban J connectivity index is 3.48. The van der Waals surface area contributed by atoms with E-state index in [-0.39, 0.29) is 10.7 Å². The Morgan fingerprint density at radius 2 is 2.25 bits per heavy atom. The van der Waals surface area contributed by atoms with E-state index in [1.54, 1.807) is 0 Å². The van der Waals surface area contributed by atoms with Crippen LogP contribution in [0.5, 0.6) is 0 Å². The van der Waals surface area contributed by atoms with Gasteiger partial charge >= 0.3 is 5.97 Å². The predicted molar refractivity (Wildman–Crippen MR) is 43.8 cm³/mol. The highest BCUT2D eigenvalue weighted by Crippen LogP contribution is 2.13. The monoisotopic (exact) mass is 187 g/mol. The van der Waals surface area contributed by atoms with Crippen molar-refractivity contribution in [3.05, 3.63) is 32.7 Å². The Hall–Kier alpha value is -1.29. The molecule has 1 aromatic heterocycles. The molecule has 1 rings (SSSR count). The van der Waals surface area contributed by atoms with Crippen molar-refractivity contribution in [3.8, 4) is 0 Å². The first-order valence-electron chi connectivity index (χ1n) is 3.15. The lowest BCUT2D eigenvalue weighted by Crippen LogP contribution is -2.11. The van der Waals surface area contributed by atoms with Crippen molar-refractivity contribution in [1.82, 2.24) is 4.98 Å². The van der Waals surface area contributed by atoms with Crippen LogP contribution in [0.25, 0.3) is 0 Å². The molecule has 0 saturated heterocycles. The van der Waals surface area contributed by atoms with E-state index in [0.29, 0.717) is 5.56 Å². The maximum Gasteiger partial charge on any atom is 0.339 e. The summed E-state index contributed by atoms with van der Waals surface area (Å²) in [4.78, 5) is 23.5. The summed E-state index contributed by atoms with van der Waals surface area (Å²) >= 11 is 5.49. The van der Waals surface area contributed by atoms with Gasteiger partial charge in [-0.25, -0.2) is 4.79 Å². The first kappa shape index (κ1) is 8.80. The van der Waals surface area contributed by atoms with Crippen molar-refractivity contribution in [2.75, 3.05) is 0 Å². The number of hydrogen-bond acceptors (Lipinski definition) is 2. The molecule has 1 aromatic rings. The van der Waals surface area contributed by atoms with Crippen molar-refractivity contribution in [3.63, 3.8) is 0 Å². The van der Waals surface area contributed by atoms with Crippen LogP contribution in [0.4, 0.5) is 0 Å². The lowest BCUT2D eigenvalue weighted by Gasteiger charge is -2.00. The standard InChI is InChI=1S/C7H6ClNO3/c1-3-2-4(10)9-6(8)5(3)7(11)12/h2H,1H3,(H,9,10)(H,11,12). The number of carboxylic acids is 1. The van der Waals surface area contributed by atoms with Crippen LogP contribution < -0.4 is 5.56 Å². The quantitative estimate of drug-likeness (QED) is 0.646. The molecule has 0 bridgehead atoms. The van der Waals surface area contributed by atoms with E-state index in [0.717, 1.165) is 0 Å². The third-order valence-electron chi connectivity index (χ3n) is 1.41. The summed E-state index contributed by atoms with van der Waals surface area (Å²) in [6.07, 6.45) is 0. The highest BCUT2D eigenvalue weighted by atomic mass is 35.5. The van der Waals surface area contributed by atoms with Crippen LogP contribution in [-0.4, -0.2) is 16.1 Å². The van der Waals surface area contributed by atoms with E-state index in [4.69, 9.17) is 16.7 Å². The maximum atomic E-state index is 10.8. The molecule has 0 aliphatic heterocycles. The minimum atomic E-state index is -1.14. The van der Waals surface area contributed by atoms with Gasteiger partial charge in [-0.3, -0.25) is 4.79 Å². The third-order valence-corrected chi connectivity index (χ3v) is 1.69. The number of rotatable bonds is 1. The summed E-state index contributed by atoms with van der Waals surface area (Å²) < 4.78 is 0. The van der Waals surface area contributed by atoms with Crippen molar-refractivity contribution < 1.29 is 9.90 Å². The van der Waals surface area contributed by atoms with Crippen molar-refractivity contribution in [2.45, 2.75) is 6.92 Å². The summed E-state index contributed by atoms with van der Waals surface area (Å²) in [6.45, 7) is 1.52. The predicted octanol–water partition coefficient (Wildman–Crippen LogP) is 1.03. The van der Waals surface area contributed by atoms with Crippen molar-refractivity contribution in [2.24, 2.45) is 0 Å². The fourth-order valence-corrected chi connectivity index (χ4v) is 1.23. The molecule has 0 amide bonds. The highest BCUT2D eigenvalue weighted by Gasteiger charge is 2.12. The van der Waals surface area contributed by atoms with Gasteiger partial charge < -0.3 is 10.1 Å². The molecule has 12 heavy (non-hydrogen) atoms. The zero-order valence-electron chi connectivity index (χ0n) is 6.22. The third kappa shape index (κ3) is 1.48. The molecular formula is C7H6ClNO3. The van der Waals surface area contributed by atoms with Gasteiger partial charge in [0.25, 0.3) is 0 Å². The van der Waals surface area contributed by atoms with E-state index in [2.05, 4.69) is 4.98 Å². The molecule has 0 spiro atoms. The average molecular weight is 188 g/mol. The number of halogens is 1. The molecule has 64 valence electrons. The molecule has 4 nitrogen and oxygen atoms in total. The summed E-state index contributed by atoms with van der Waals surface area (Å²) in [5.74, 6) is -1.14. The molecule has 5 heteroatoms. The number of carboxylic acid groups (broad SMARTS) is 1. The van der Waals surface area contributed by atoms with Crippen molar-refractivity contribution in [1.29, 1.82) is 0 Å². The molecule has 0 saturated carbocycles. The van der Waals surface area contributed by atoms with Gasteiger partial charge in [0.2, 0.25) is 5.56 Å². The zero-order chi connectivity index (χ0) is 9.30. The Labute approximate surface area is 72.8 Å². The number of hydrogen-bond donors (Lipinski definition) is 2. The number of aromatic nitrogens is 1. The van der Waals surface area contributed by atoms with E-state index in [1.807, 2.05) is 0 Å². The van der Waals surface area contributed by atoms with Gasteiger partial charge in [-0.1, -0.05) is 11.6 Å². The lowest BCUT2D eigenvalue weighted by atomic mass is 10.2. The van der Waals surface area contributed by atoms with Gasteiger partial charge in [0.1, 0.15) is 5.15 Å². The average Bonchev–Trinajstić information content (AvgIpc) is 1.82. The SMILES string of the molecule is Cc1cc(=O)[nH]c(Cl)c1C(=O)O. The van der Waals surface area contributed by atoms with Crippen LogP contribution in [0.2, 0.25) is 5.15 Å². The minimum absolute atomic E-state index is 0.0590. The van der Waals surface area contributed by atoms with E-state index >= 15 is 0 Å². The molecule has 0 unspecified atom stereocenters. The number of aryl methyl sites for hydroxylation is 1. The normalized spacial score (nSPS) is 9.83. The van der Waals surface area contributed by atoms with Crippen LogP contribution in [0, 0.1) is 6.92 Å². The molecule has 0 aliphatic carbocycles. The summed E-state index contributed by atoms with van der Waals surface area (Å²) in [5, 5.41) is 8.50. The first-order chi connectivity index (χ1) is 5.52. The molecule has 1 heterocycles. The van der Waals surface area contributed by atoms with E-state index in [9.17, 15) is 9.59 Å². The van der Waals surface area contributed by atoms with Gasteiger partial charge in [-0.15, -0.1) is 0 Å². The molecule has 0 aromatic carbocycles. The van der Waals surface area contributed by atoms with E-state index in [1.165, 1.54) is 13.0 Å². The van der Waals surface area contributed by atoms with Crippen LogP contribution >= 0.6 is 11.6 Å². The number of aromatic carboxylic acids is 1. The van der Waals surface area contributed by atoms with Gasteiger partial charge in [-0.05, 0) is 12.5 Å². The number of nitrogens with one attached hydrogen (secondary N) is 1. The highest BCUT2D eigenvalue weighted by molar-refractivity contribution is 6.32. The largest absolute Gasteiger partial charge is 0.478 e. The molecule has 0 aliphatic rings. The first-order valence-corrected chi connectivity index (χ1v) is 3.53. The number of aromatic amines is 1. The second kappa shape index (κ2) is 2.98. The topological polar surface area (TPSA) is 70.2 Å². The molecule has 0 radical (unpaired) electrons. The van der Waals surface area contributed by atoms with Crippen LogP contribution in [0.3, 0.4) is 0 Å². The zero-order valence-corrected chi connectivity index (χ0v) is 6.97. The second-order valence-electron chi connectivity index (χ2n) is 2.31. The van der Waals surface area contributed by atoms with Crippen LogP contribution in [-0.2, 0) is 0 Å². The number of carbonyl (C=O) groups is 1. The Morgan fingerprint density at radius 1 is 1.67 bits per heavy atom. The molecule has 0 fully saturated rings. The number of H-pyrrole nitrogens is 1. The lowest BCUT2D eigenvalue weighted by molar-refractivity contribution is 0.0696. The molecule has 0 atom stereocenters. The fourth-order valence-electron chi connectivity index (χ4n) is 0.911. The fraction of sp³-hybridized carbons (Fsp3) is 0.143. The van der Waals surface area contributed by atoms with Gasteiger partial charge in [0, 0.05) is 6.07 Å². The van der Waals surface area contributed by atoms with E-state index < -0.39 is 11.5 Å². The minimum Gasteiger partial charge on any atom is -0.478 e. The Kier molecular flexibility index (Phi) is 2.19. The van der Waals surface area contributed by atoms with Gasteiger partial charge in [-0.2, -0.15) is 0 Å². The molecule has 2 N–H and O–H groups in total. The summed E-state index contributed by atoms with van der Waals surface area (Å²) in [6, 6.07) is 1.19.